The van der Waals surface area contributed by atoms with E-state index in [1.54, 1.807) is 0 Å². The first-order valence-corrected chi connectivity index (χ1v) is 11.3. The molecule has 0 unspecified atom stereocenters. The third-order valence-electron chi connectivity index (χ3n) is 4.12. The van der Waals surface area contributed by atoms with Crippen molar-refractivity contribution in [2.45, 2.75) is 24.6 Å². The second kappa shape index (κ2) is 10.7. The Hall–Kier alpha value is -2.91. The summed E-state index contributed by atoms with van der Waals surface area (Å²) in [6.45, 7) is 3.97. The molecule has 1 heterocycles. The van der Waals surface area contributed by atoms with Gasteiger partial charge in [-0.05, 0) is 42.7 Å². The average molecular weight is 442 g/mol. The molecule has 7 nitrogen and oxygen atoms in total. The molecule has 1 aromatic heterocycles. The summed E-state index contributed by atoms with van der Waals surface area (Å²) in [6.07, 6.45) is 0.821. The third kappa shape index (κ3) is 6.57. The van der Waals surface area contributed by atoms with E-state index in [4.69, 9.17) is 0 Å². The van der Waals surface area contributed by atoms with Crippen LogP contribution in [0.25, 0.3) is 0 Å². The van der Waals surface area contributed by atoms with Gasteiger partial charge >= 0.3 is 0 Å². The van der Waals surface area contributed by atoms with E-state index in [1.165, 1.54) is 23.1 Å². The number of nitrogens with one attached hydrogen (secondary N) is 3. The van der Waals surface area contributed by atoms with Gasteiger partial charge in [0.25, 0.3) is 0 Å². The Labute approximate surface area is 183 Å². The fourth-order valence-corrected chi connectivity index (χ4v) is 4.27. The molecule has 0 aliphatic heterocycles. The van der Waals surface area contributed by atoms with Crippen LogP contribution in [0.3, 0.4) is 0 Å². The summed E-state index contributed by atoms with van der Waals surface area (Å²) >= 11 is 2.66. The third-order valence-corrected chi connectivity index (χ3v) is 6.09. The number of hydrogen-bond donors (Lipinski definition) is 3. The summed E-state index contributed by atoms with van der Waals surface area (Å²) in [4.78, 5) is 24.2. The number of carbonyl (C=O) groups is 2. The fourth-order valence-electron chi connectivity index (χ4n) is 2.67. The average Bonchev–Trinajstić information content (AvgIpc) is 3.18. The molecule has 0 saturated carbocycles. The Kier molecular flexibility index (Phi) is 7.81. The Morgan fingerprint density at radius 3 is 2.70 bits per heavy atom. The number of anilines is 3. The molecule has 9 heteroatoms. The molecule has 0 saturated heterocycles. The lowest BCUT2D eigenvalue weighted by atomic mass is 10.1. The first-order chi connectivity index (χ1) is 14.5. The van der Waals surface area contributed by atoms with Gasteiger partial charge < -0.3 is 16.0 Å². The number of thioether (sulfide) groups is 1. The normalized spacial score (nSPS) is 10.5. The minimum Gasteiger partial charge on any atom is -0.346 e. The molecule has 0 atom stereocenters. The monoisotopic (exact) mass is 441 g/mol. The Morgan fingerprint density at radius 1 is 1.07 bits per heavy atom. The van der Waals surface area contributed by atoms with E-state index < -0.39 is 0 Å². The maximum atomic E-state index is 12.1. The van der Waals surface area contributed by atoms with E-state index in [0.717, 1.165) is 28.9 Å². The number of rotatable bonds is 9. The zero-order valence-corrected chi connectivity index (χ0v) is 18.4. The lowest BCUT2D eigenvalue weighted by molar-refractivity contribution is -0.122. The van der Waals surface area contributed by atoms with Crippen molar-refractivity contribution in [1.82, 2.24) is 15.5 Å². The van der Waals surface area contributed by atoms with Crippen molar-refractivity contribution >= 4 is 51.4 Å². The van der Waals surface area contributed by atoms with Crippen molar-refractivity contribution in [3.05, 3.63) is 59.7 Å². The minimum atomic E-state index is -0.255. The summed E-state index contributed by atoms with van der Waals surface area (Å²) in [7, 11) is 0. The number of amides is 2. The molecule has 0 bridgehead atoms. The highest BCUT2D eigenvalue weighted by molar-refractivity contribution is 8.01. The first kappa shape index (κ1) is 21.8. The van der Waals surface area contributed by atoms with Crippen molar-refractivity contribution in [2.24, 2.45) is 0 Å². The summed E-state index contributed by atoms with van der Waals surface area (Å²) in [5.41, 5.74) is 3.92. The van der Waals surface area contributed by atoms with E-state index in [-0.39, 0.29) is 24.1 Å². The highest BCUT2D eigenvalue weighted by Crippen LogP contribution is 2.27. The van der Waals surface area contributed by atoms with E-state index in [2.05, 4.69) is 26.1 Å². The van der Waals surface area contributed by atoms with Crippen molar-refractivity contribution in [3.8, 4) is 0 Å². The van der Waals surface area contributed by atoms with Crippen molar-refractivity contribution in [1.29, 1.82) is 0 Å². The van der Waals surface area contributed by atoms with Crippen LogP contribution in [0.1, 0.15) is 18.1 Å². The molecular weight excluding hydrogens is 418 g/mol. The standard InChI is InChI=1S/C21H23N5O2S2/c1-3-15-8-4-5-10-17(15)24-18(27)12-22-19(28)13-29-21-26-25-20(30-21)23-16-9-6-7-14(2)11-16/h4-11H,3,12-13H2,1-2H3,(H,22,28)(H,23,25)(H,24,27). The Balaban J connectivity index is 1.41. The highest BCUT2D eigenvalue weighted by atomic mass is 32.2. The molecule has 0 fully saturated rings. The van der Waals surface area contributed by atoms with Crippen LogP contribution < -0.4 is 16.0 Å². The quantitative estimate of drug-likeness (QED) is 0.435. The molecule has 156 valence electrons. The molecule has 0 radical (unpaired) electrons. The lowest BCUT2D eigenvalue weighted by Gasteiger charge is -2.10. The zero-order chi connectivity index (χ0) is 21.3. The molecule has 3 rings (SSSR count). The molecule has 0 aliphatic carbocycles. The van der Waals surface area contributed by atoms with Crippen LogP contribution in [-0.4, -0.2) is 34.3 Å². The second-order valence-corrected chi connectivity index (χ2v) is 8.69. The predicted molar refractivity (Wildman–Crippen MR) is 123 cm³/mol. The largest absolute Gasteiger partial charge is 0.346 e. The molecule has 0 spiro atoms. The van der Waals surface area contributed by atoms with Crippen LogP contribution in [0.5, 0.6) is 0 Å². The number of para-hydroxylation sites is 1. The molecule has 2 aromatic carbocycles. The maximum absolute atomic E-state index is 12.1. The SMILES string of the molecule is CCc1ccccc1NC(=O)CNC(=O)CSc1nnc(Nc2cccc(C)c2)s1. The van der Waals surface area contributed by atoms with Gasteiger partial charge in [-0.25, -0.2) is 0 Å². The van der Waals surface area contributed by atoms with Crippen molar-refractivity contribution < 1.29 is 9.59 Å². The smallest absolute Gasteiger partial charge is 0.243 e. The van der Waals surface area contributed by atoms with Gasteiger partial charge in [-0.2, -0.15) is 0 Å². The van der Waals surface area contributed by atoms with E-state index in [9.17, 15) is 9.59 Å². The maximum Gasteiger partial charge on any atom is 0.243 e. The van der Waals surface area contributed by atoms with Crippen LogP contribution >= 0.6 is 23.1 Å². The second-order valence-electron chi connectivity index (χ2n) is 6.49. The minimum absolute atomic E-state index is 0.0757. The number of aryl methyl sites for hydroxylation is 2. The molecule has 3 N–H and O–H groups in total. The molecule has 2 amide bonds. The summed E-state index contributed by atoms with van der Waals surface area (Å²) < 4.78 is 0.682. The summed E-state index contributed by atoms with van der Waals surface area (Å²) in [5, 5.41) is 17.5. The Morgan fingerprint density at radius 2 is 1.90 bits per heavy atom. The van der Waals surface area contributed by atoms with Gasteiger partial charge in [-0.3, -0.25) is 9.59 Å². The van der Waals surface area contributed by atoms with Crippen molar-refractivity contribution in [3.63, 3.8) is 0 Å². The highest BCUT2D eigenvalue weighted by Gasteiger charge is 2.11. The van der Waals surface area contributed by atoms with E-state index in [1.807, 2.05) is 62.4 Å². The van der Waals surface area contributed by atoms with E-state index >= 15 is 0 Å². The van der Waals surface area contributed by atoms with E-state index in [0.29, 0.717) is 9.47 Å². The van der Waals surface area contributed by atoms with Gasteiger partial charge in [0.05, 0.1) is 12.3 Å². The molecule has 0 aliphatic rings. The number of benzene rings is 2. The number of nitrogens with zero attached hydrogens (tertiary/aromatic N) is 2. The zero-order valence-electron chi connectivity index (χ0n) is 16.8. The molecule has 30 heavy (non-hydrogen) atoms. The topological polar surface area (TPSA) is 96.0 Å². The van der Waals surface area contributed by atoms with Crippen molar-refractivity contribution in [2.75, 3.05) is 22.9 Å². The number of aromatic nitrogens is 2. The van der Waals surface area contributed by atoms with Crippen LogP contribution in [0.4, 0.5) is 16.5 Å². The summed E-state index contributed by atoms with van der Waals surface area (Å²) in [5.74, 6) is -0.324. The predicted octanol–water partition coefficient (Wildman–Crippen LogP) is 4.00. The van der Waals surface area contributed by atoms with Gasteiger partial charge in [0, 0.05) is 11.4 Å². The fraction of sp³-hybridized carbons (Fsp3) is 0.238. The number of carbonyl (C=O) groups excluding carboxylic acids is 2. The van der Waals surface area contributed by atoms with Crippen LogP contribution in [0, 0.1) is 6.92 Å². The Bertz CT molecular complexity index is 1020. The van der Waals surface area contributed by atoms with Gasteiger partial charge in [0.2, 0.25) is 16.9 Å². The van der Waals surface area contributed by atoms with Crippen LogP contribution in [-0.2, 0) is 16.0 Å². The number of hydrogen-bond acceptors (Lipinski definition) is 7. The summed E-state index contributed by atoms with van der Waals surface area (Å²) in [6, 6.07) is 15.6. The van der Waals surface area contributed by atoms with Gasteiger partial charge in [0.1, 0.15) is 0 Å². The van der Waals surface area contributed by atoms with Gasteiger partial charge in [-0.1, -0.05) is 60.4 Å². The lowest BCUT2D eigenvalue weighted by Crippen LogP contribution is -2.34. The first-order valence-electron chi connectivity index (χ1n) is 9.48. The van der Waals surface area contributed by atoms with Crippen LogP contribution in [0.2, 0.25) is 0 Å². The molecule has 3 aromatic rings. The molecular formula is C21H23N5O2S2. The van der Waals surface area contributed by atoms with Gasteiger partial charge in [0.15, 0.2) is 4.34 Å². The van der Waals surface area contributed by atoms with Crippen LogP contribution in [0.15, 0.2) is 52.9 Å². The van der Waals surface area contributed by atoms with Gasteiger partial charge in [-0.15, -0.1) is 10.2 Å².